The van der Waals surface area contributed by atoms with E-state index >= 15 is 0 Å². The molecule has 0 unspecified atom stereocenters. The molecule has 0 bridgehead atoms. The number of esters is 1. The van der Waals surface area contributed by atoms with Crippen LogP contribution in [0.15, 0.2) is 47.1 Å². The highest BCUT2D eigenvalue weighted by Gasteiger charge is 2.11. The molecule has 0 aliphatic carbocycles. The van der Waals surface area contributed by atoms with Gasteiger partial charge in [-0.1, -0.05) is 23.7 Å². The second-order valence-electron chi connectivity index (χ2n) is 4.67. The minimum atomic E-state index is -0.607. The van der Waals surface area contributed by atoms with Gasteiger partial charge in [-0.05, 0) is 24.3 Å². The quantitative estimate of drug-likeness (QED) is 0.746. The van der Waals surface area contributed by atoms with Crippen LogP contribution in [-0.4, -0.2) is 30.9 Å². The van der Waals surface area contributed by atoms with E-state index in [1.165, 1.54) is 12.3 Å². The van der Waals surface area contributed by atoms with Crippen molar-refractivity contribution in [1.82, 2.24) is 5.32 Å². The number of benzene rings is 1. The molecule has 8 heteroatoms. The molecule has 0 atom stereocenters. The SMILES string of the molecule is O=C(COC(=O)CCNC(=O)c1ccco1)Nc1ccccc1Cl. The molecule has 24 heavy (non-hydrogen) atoms. The van der Waals surface area contributed by atoms with Crippen molar-refractivity contribution in [3.63, 3.8) is 0 Å². The summed E-state index contributed by atoms with van der Waals surface area (Å²) < 4.78 is 9.73. The number of amides is 2. The Bertz CT molecular complexity index is 715. The highest BCUT2D eigenvalue weighted by molar-refractivity contribution is 6.33. The van der Waals surface area contributed by atoms with Crippen LogP contribution >= 0.6 is 11.6 Å². The van der Waals surface area contributed by atoms with Gasteiger partial charge in [-0.3, -0.25) is 14.4 Å². The number of nitrogens with one attached hydrogen (secondary N) is 2. The van der Waals surface area contributed by atoms with Crippen LogP contribution in [0.1, 0.15) is 17.0 Å². The van der Waals surface area contributed by atoms with E-state index in [4.69, 9.17) is 20.8 Å². The van der Waals surface area contributed by atoms with Crippen LogP contribution in [0.5, 0.6) is 0 Å². The fourth-order valence-corrected chi connectivity index (χ4v) is 1.92. The molecular weight excluding hydrogens is 336 g/mol. The highest BCUT2D eigenvalue weighted by atomic mass is 35.5. The lowest BCUT2D eigenvalue weighted by molar-refractivity contribution is -0.147. The smallest absolute Gasteiger partial charge is 0.308 e. The zero-order chi connectivity index (χ0) is 17.4. The average molecular weight is 351 g/mol. The highest BCUT2D eigenvalue weighted by Crippen LogP contribution is 2.20. The maximum atomic E-state index is 11.7. The molecule has 2 amide bonds. The molecule has 7 nitrogen and oxygen atoms in total. The van der Waals surface area contributed by atoms with Crippen LogP contribution in [0.2, 0.25) is 5.02 Å². The van der Waals surface area contributed by atoms with E-state index < -0.39 is 24.4 Å². The van der Waals surface area contributed by atoms with Gasteiger partial charge >= 0.3 is 5.97 Å². The Morgan fingerprint density at radius 2 is 1.92 bits per heavy atom. The van der Waals surface area contributed by atoms with Crippen LogP contribution in [0.3, 0.4) is 0 Å². The first kappa shape index (κ1) is 17.6. The van der Waals surface area contributed by atoms with E-state index in [-0.39, 0.29) is 18.7 Å². The van der Waals surface area contributed by atoms with Crippen molar-refractivity contribution in [2.75, 3.05) is 18.5 Å². The van der Waals surface area contributed by atoms with Gasteiger partial charge in [-0.15, -0.1) is 0 Å². The minimum Gasteiger partial charge on any atom is -0.459 e. The fraction of sp³-hybridized carbons (Fsp3) is 0.188. The average Bonchev–Trinajstić information content (AvgIpc) is 3.09. The van der Waals surface area contributed by atoms with Crippen LogP contribution in [-0.2, 0) is 14.3 Å². The molecule has 1 aromatic heterocycles. The second kappa shape index (κ2) is 8.73. The predicted molar refractivity (Wildman–Crippen MR) is 86.7 cm³/mol. The molecule has 0 spiro atoms. The second-order valence-corrected chi connectivity index (χ2v) is 5.08. The van der Waals surface area contributed by atoms with Gasteiger partial charge in [0.05, 0.1) is 23.4 Å². The lowest BCUT2D eigenvalue weighted by Crippen LogP contribution is -2.27. The zero-order valence-corrected chi connectivity index (χ0v) is 13.3. The van der Waals surface area contributed by atoms with Gasteiger partial charge in [0.1, 0.15) is 0 Å². The number of halogens is 1. The maximum absolute atomic E-state index is 11.7. The summed E-state index contributed by atoms with van der Waals surface area (Å²) in [5.74, 6) is -1.38. The summed E-state index contributed by atoms with van der Waals surface area (Å²) in [5.41, 5.74) is 0.436. The van der Waals surface area contributed by atoms with Gasteiger partial charge in [-0.2, -0.15) is 0 Å². The zero-order valence-electron chi connectivity index (χ0n) is 12.6. The first-order chi connectivity index (χ1) is 11.6. The molecule has 0 saturated heterocycles. The molecule has 0 aliphatic rings. The number of hydrogen-bond acceptors (Lipinski definition) is 5. The Morgan fingerprint density at radius 3 is 2.62 bits per heavy atom. The monoisotopic (exact) mass is 350 g/mol. The van der Waals surface area contributed by atoms with E-state index in [9.17, 15) is 14.4 Å². The molecule has 2 rings (SSSR count). The number of hydrogen-bond donors (Lipinski definition) is 2. The Kier molecular flexibility index (Phi) is 6.39. The molecule has 2 aromatic rings. The molecule has 0 saturated carbocycles. The van der Waals surface area contributed by atoms with E-state index in [2.05, 4.69) is 10.6 Å². The van der Waals surface area contributed by atoms with Crippen molar-refractivity contribution >= 4 is 35.1 Å². The van der Waals surface area contributed by atoms with Crippen molar-refractivity contribution in [3.8, 4) is 0 Å². The van der Waals surface area contributed by atoms with E-state index in [0.29, 0.717) is 10.7 Å². The summed E-state index contributed by atoms with van der Waals surface area (Å²) in [4.78, 5) is 34.8. The number of ether oxygens (including phenoxy) is 1. The van der Waals surface area contributed by atoms with Crippen molar-refractivity contribution in [2.45, 2.75) is 6.42 Å². The van der Waals surface area contributed by atoms with Crippen molar-refractivity contribution in [1.29, 1.82) is 0 Å². The van der Waals surface area contributed by atoms with Gasteiger partial charge in [0.25, 0.3) is 11.8 Å². The molecule has 0 fully saturated rings. The molecule has 126 valence electrons. The predicted octanol–water partition coefficient (Wildman–Crippen LogP) is 2.23. The molecule has 2 N–H and O–H groups in total. The van der Waals surface area contributed by atoms with Gasteiger partial charge in [-0.25, -0.2) is 0 Å². The number of para-hydroxylation sites is 1. The number of furan rings is 1. The molecule has 0 radical (unpaired) electrons. The maximum Gasteiger partial charge on any atom is 0.308 e. The third-order valence-corrected chi connectivity index (χ3v) is 3.20. The van der Waals surface area contributed by atoms with E-state index in [0.717, 1.165) is 0 Å². The van der Waals surface area contributed by atoms with Gasteiger partial charge in [0, 0.05) is 6.54 Å². The number of rotatable bonds is 7. The summed E-state index contributed by atoms with van der Waals surface area (Å²) in [6.45, 7) is -0.360. The first-order valence-electron chi connectivity index (χ1n) is 7.08. The molecule has 1 heterocycles. The Hall–Kier alpha value is -2.80. The standard InChI is InChI=1S/C16H15ClN2O5/c17-11-4-1-2-5-12(11)19-14(20)10-24-15(21)7-8-18-16(22)13-6-3-9-23-13/h1-6,9H,7-8,10H2,(H,18,22)(H,19,20). The van der Waals surface area contributed by atoms with Crippen LogP contribution in [0, 0.1) is 0 Å². The van der Waals surface area contributed by atoms with E-state index in [1.54, 1.807) is 30.3 Å². The van der Waals surface area contributed by atoms with Crippen molar-refractivity contribution in [2.24, 2.45) is 0 Å². The summed E-state index contributed by atoms with van der Waals surface area (Å²) in [5, 5.41) is 5.41. The van der Waals surface area contributed by atoms with Crippen LogP contribution in [0.4, 0.5) is 5.69 Å². The summed E-state index contributed by atoms with van der Waals surface area (Å²) in [6.07, 6.45) is 1.31. The lowest BCUT2D eigenvalue weighted by atomic mass is 10.3. The fourth-order valence-electron chi connectivity index (χ4n) is 1.74. The van der Waals surface area contributed by atoms with Crippen LogP contribution in [0.25, 0.3) is 0 Å². The molecular formula is C16H15ClN2O5. The topological polar surface area (TPSA) is 97.6 Å². The number of carbonyl (C=O) groups is 3. The first-order valence-corrected chi connectivity index (χ1v) is 7.46. The van der Waals surface area contributed by atoms with Gasteiger partial charge < -0.3 is 19.8 Å². The normalized spacial score (nSPS) is 10.0. The van der Waals surface area contributed by atoms with Gasteiger partial charge in [0.15, 0.2) is 12.4 Å². The third-order valence-electron chi connectivity index (χ3n) is 2.87. The summed E-state index contributed by atoms with van der Waals surface area (Å²) in [6, 6.07) is 9.80. The molecule has 0 aliphatic heterocycles. The third kappa shape index (κ3) is 5.44. The lowest BCUT2D eigenvalue weighted by Gasteiger charge is -2.08. The van der Waals surface area contributed by atoms with Crippen LogP contribution < -0.4 is 10.6 Å². The largest absolute Gasteiger partial charge is 0.459 e. The minimum absolute atomic E-state index is 0.0637. The Morgan fingerprint density at radius 1 is 1.12 bits per heavy atom. The molecule has 1 aromatic carbocycles. The Balaban J connectivity index is 1.65. The summed E-state index contributed by atoms with van der Waals surface area (Å²) in [7, 11) is 0. The number of carbonyl (C=O) groups excluding carboxylic acids is 3. The van der Waals surface area contributed by atoms with Crippen molar-refractivity contribution in [3.05, 3.63) is 53.4 Å². The van der Waals surface area contributed by atoms with E-state index in [1.807, 2.05) is 0 Å². The number of anilines is 1. The van der Waals surface area contributed by atoms with Gasteiger partial charge in [0.2, 0.25) is 0 Å². The van der Waals surface area contributed by atoms with Crippen molar-refractivity contribution < 1.29 is 23.5 Å². The summed E-state index contributed by atoms with van der Waals surface area (Å²) >= 11 is 5.90. The Labute approximate surface area is 142 Å².